The molecule has 0 fully saturated rings. The highest BCUT2D eigenvalue weighted by Crippen LogP contribution is 2.04. The summed E-state index contributed by atoms with van der Waals surface area (Å²) < 4.78 is 0. The SMILES string of the molecule is NC(=O)CCC(N)C(=O)NC(CCCN=C(N)N)C(=O)NC(CCC(=O)O)C(=O)O. The van der Waals surface area contributed by atoms with Gasteiger partial charge in [0.1, 0.15) is 12.1 Å². The van der Waals surface area contributed by atoms with Gasteiger partial charge in [-0.1, -0.05) is 0 Å². The minimum atomic E-state index is -1.46. The van der Waals surface area contributed by atoms with Gasteiger partial charge >= 0.3 is 11.9 Å². The summed E-state index contributed by atoms with van der Waals surface area (Å²) in [5.41, 5.74) is 21.1. The van der Waals surface area contributed by atoms with E-state index in [9.17, 15) is 29.1 Å². The summed E-state index contributed by atoms with van der Waals surface area (Å²) in [6.07, 6.45) is -0.687. The van der Waals surface area contributed by atoms with E-state index >= 15 is 0 Å². The van der Waals surface area contributed by atoms with E-state index in [1.807, 2.05) is 0 Å². The van der Waals surface area contributed by atoms with E-state index in [1.165, 1.54) is 0 Å². The molecular formula is C16H29N7O7. The minimum absolute atomic E-state index is 0.0418. The van der Waals surface area contributed by atoms with Crippen LogP contribution in [-0.4, -0.2) is 70.5 Å². The predicted octanol–water partition coefficient (Wildman–Crippen LogP) is -3.45. The standard InChI is InChI=1S/C16H29N7O7/c17-8(3-5-11(18)24)13(27)22-9(2-1-7-21-16(19)20)14(28)23-10(15(29)30)4-6-12(25)26/h8-10H,1-7,17H2,(H2,18,24)(H,22,27)(H,23,28)(H,25,26)(H,29,30)(H4,19,20,21). The molecule has 0 aliphatic heterocycles. The second kappa shape index (κ2) is 13.7. The molecule has 0 aliphatic carbocycles. The van der Waals surface area contributed by atoms with Crippen LogP contribution in [0.2, 0.25) is 0 Å². The van der Waals surface area contributed by atoms with Gasteiger partial charge in [0.25, 0.3) is 0 Å². The molecule has 14 nitrogen and oxygen atoms in total. The van der Waals surface area contributed by atoms with Crippen LogP contribution in [0.15, 0.2) is 4.99 Å². The second-order valence-corrected chi connectivity index (χ2v) is 6.45. The highest BCUT2D eigenvalue weighted by molar-refractivity contribution is 5.92. The summed E-state index contributed by atoms with van der Waals surface area (Å²) >= 11 is 0. The van der Waals surface area contributed by atoms with Crippen molar-refractivity contribution < 1.29 is 34.2 Å². The number of primary amides is 1. The van der Waals surface area contributed by atoms with Crippen LogP contribution in [0.25, 0.3) is 0 Å². The zero-order valence-corrected chi connectivity index (χ0v) is 16.4. The molecule has 0 heterocycles. The number of guanidine groups is 1. The van der Waals surface area contributed by atoms with E-state index in [4.69, 9.17) is 28.0 Å². The average molecular weight is 431 g/mol. The Morgan fingerprint density at radius 3 is 1.93 bits per heavy atom. The molecule has 30 heavy (non-hydrogen) atoms. The summed E-state index contributed by atoms with van der Waals surface area (Å²) in [6, 6.07) is -3.76. The van der Waals surface area contributed by atoms with Crippen molar-refractivity contribution in [2.75, 3.05) is 6.54 Å². The smallest absolute Gasteiger partial charge is 0.326 e. The van der Waals surface area contributed by atoms with Crippen molar-refractivity contribution in [3.63, 3.8) is 0 Å². The number of amides is 3. The predicted molar refractivity (Wildman–Crippen MR) is 105 cm³/mol. The number of rotatable bonds is 15. The lowest BCUT2D eigenvalue weighted by atomic mass is 10.1. The van der Waals surface area contributed by atoms with Crippen molar-refractivity contribution in [2.24, 2.45) is 27.9 Å². The van der Waals surface area contributed by atoms with Crippen LogP contribution in [0.5, 0.6) is 0 Å². The Hall–Kier alpha value is -3.42. The molecule has 0 saturated carbocycles. The quantitative estimate of drug-likeness (QED) is 0.0721. The first-order valence-corrected chi connectivity index (χ1v) is 9.08. The minimum Gasteiger partial charge on any atom is -0.481 e. The zero-order valence-electron chi connectivity index (χ0n) is 16.4. The molecule has 0 aliphatic rings. The lowest BCUT2D eigenvalue weighted by molar-refractivity contribution is -0.143. The van der Waals surface area contributed by atoms with Crippen LogP contribution < -0.4 is 33.6 Å². The van der Waals surface area contributed by atoms with Gasteiger partial charge in [-0.15, -0.1) is 0 Å². The number of carbonyl (C=O) groups excluding carboxylic acids is 3. The Morgan fingerprint density at radius 1 is 0.833 bits per heavy atom. The van der Waals surface area contributed by atoms with E-state index in [0.29, 0.717) is 0 Å². The van der Waals surface area contributed by atoms with Crippen molar-refractivity contribution in [3.05, 3.63) is 0 Å². The van der Waals surface area contributed by atoms with Crippen molar-refractivity contribution in [1.82, 2.24) is 10.6 Å². The molecule has 0 aromatic carbocycles. The maximum atomic E-state index is 12.5. The molecule has 14 heteroatoms. The molecule has 0 radical (unpaired) electrons. The van der Waals surface area contributed by atoms with E-state index in [-0.39, 0.29) is 44.6 Å². The number of hydrogen-bond acceptors (Lipinski definition) is 7. The summed E-state index contributed by atoms with van der Waals surface area (Å²) in [5, 5.41) is 22.5. The van der Waals surface area contributed by atoms with Gasteiger partial charge in [-0.05, 0) is 25.7 Å². The monoisotopic (exact) mass is 431 g/mol. The molecule has 0 rings (SSSR count). The van der Waals surface area contributed by atoms with E-state index in [2.05, 4.69) is 15.6 Å². The lowest BCUT2D eigenvalue weighted by Gasteiger charge is -2.22. The van der Waals surface area contributed by atoms with Crippen LogP contribution in [-0.2, 0) is 24.0 Å². The normalized spacial score (nSPS) is 13.4. The summed E-state index contributed by atoms with van der Waals surface area (Å²) in [6.45, 7) is 0.150. The Balaban J connectivity index is 5.14. The molecule has 170 valence electrons. The molecule has 0 aromatic heterocycles. The van der Waals surface area contributed by atoms with Gasteiger partial charge in [0, 0.05) is 19.4 Å². The fourth-order valence-electron chi connectivity index (χ4n) is 2.28. The van der Waals surface area contributed by atoms with Crippen molar-refractivity contribution in [1.29, 1.82) is 0 Å². The third-order valence-corrected chi connectivity index (χ3v) is 3.88. The third-order valence-electron chi connectivity index (χ3n) is 3.88. The first-order chi connectivity index (χ1) is 13.9. The lowest BCUT2D eigenvalue weighted by Crippen LogP contribution is -2.54. The number of nitrogens with zero attached hydrogens (tertiary/aromatic N) is 1. The molecule has 0 saturated heterocycles. The number of carboxylic acids is 2. The Morgan fingerprint density at radius 2 is 1.43 bits per heavy atom. The van der Waals surface area contributed by atoms with Gasteiger partial charge in [0.15, 0.2) is 5.96 Å². The molecule has 0 spiro atoms. The van der Waals surface area contributed by atoms with Gasteiger partial charge in [-0.2, -0.15) is 0 Å². The number of aliphatic carboxylic acids is 2. The number of nitrogens with one attached hydrogen (secondary N) is 2. The number of nitrogens with two attached hydrogens (primary N) is 4. The maximum absolute atomic E-state index is 12.5. The van der Waals surface area contributed by atoms with Crippen LogP contribution >= 0.6 is 0 Å². The summed E-state index contributed by atoms with van der Waals surface area (Å²) in [5.74, 6) is -5.03. The average Bonchev–Trinajstić information content (AvgIpc) is 2.64. The molecule has 3 amide bonds. The largest absolute Gasteiger partial charge is 0.481 e. The first-order valence-electron chi connectivity index (χ1n) is 9.08. The summed E-state index contributed by atoms with van der Waals surface area (Å²) in [7, 11) is 0. The Kier molecular flexibility index (Phi) is 12.1. The van der Waals surface area contributed by atoms with Crippen molar-refractivity contribution >= 4 is 35.6 Å². The van der Waals surface area contributed by atoms with Gasteiger partial charge in [-0.3, -0.25) is 24.2 Å². The van der Waals surface area contributed by atoms with Crippen LogP contribution in [0.4, 0.5) is 0 Å². The van der Waals surface area contributed by atoms with E-state index < -0.39 is 54.2 Å². The van der Waals surface area contributed by atoms with Gasteiger partial charge in [-0.25, -0.2) is 4.79 Å². The van der Waals surface area contributed by atoms with Crippen molar-refractivity contribution in [3.8, 4) is 0 Å². The van der Waals surface area contributed by atoms with Crippen molar-refractivity contribution in [2.45, 2.75) is 56.7 Å². The van der Waals surface area contributed by atoms with Crippen LogP contribution in [0, 0.1) is 0 Å². The molecule has 0 bridgehead atoms. The van der Waals surface area contributed by atoms with E-state index in [1.54, 1.807) is 0 Å². The third kappa shape index (κ3) is 12.1. The fraction of sp³-hybridized carbons (Fsp3) is 0.625. The number of hydrogen-bond donors (Lipinski definition) is 8. The highest BCUT2D eigenvalue weighted by atomic mass is 16.4. The van der Waals surface area contributed by atoms with E-state index in [0.717, 1.165) is 0 Å². The van der Waals surface area contributed by atoms with Gasteiger partial charge < -0.3 is 43.8 Å². The molecule has 3 unspecified atom stereocenters. The number of carboxylic acid groups (broad SMARTS) is 2. The number of carbonyl (C=O) groups is 5. The van der Waals surface area contributed by atoms with Crippen LogP contribution in [0.3, 0.4) is 0 Å². The van der Waals surface area contributed by atoms with Gasteiger partial charge in [0.05, 0.1) is 6.04 Å². The molecular weight excluding hydrogens is 402 g/mol. The first kappa shape index (κ1) is 26.6. The topological polar surface area (TPSA) is 266 Å². The Bertz CT molecular complexity index is 664. The maximum Gasteiger partial charge on any atom is 0.326 e. The second-order valence-electron chi connectivity index (χ2n) is 6.45. The zero-order chi connectivity index (χ0) is 23.3. The summed E-state index contributed by atoms with van der Waals surface area (Å²) in [4.78, 5) is 61.2. The molecule has 3 atom stereocenters. The molecule has 12 N–H and O–H groups in total. The van der Waals surface area contributed by atoms with Gasteiger partial charge in [0.2, 0.25) is 17.7 Å². The van der Waals surface area contributed by atoms with Crippen LogP contribution in [0.1, 0.15) is 38.5 Å². The fourth-order valence-corrected chi connectivity index (χ4v) is 2.28. The molecule has 0 aromatic rings. The Labute approximate surface area is 172 Å². The highest BCUT2D eigenvalue weighted by Gasteiger charge is 2.28. The number of aliphatic imine (C=N–C) groups is 1.